The first-order valence-corrected chi connectivity index (χ1v) is 10.3. The Morgan fingerprint density at radius 1 is 1.06 bits per heavy atom. The van der Waals surface area contributed by atoms with Crippen LogP contribution < -0.4 is 5.43 Å². The fourth-order valence-corrected chi connectivity index (χ4v) is 3.71. The zero-order valence-electron chi connectivity index (χ0n) is 18.3. The second-order valence-electron chi connectivity index (χ2n) is 8.87. The molecule has 7 heteroatoms. The summed E-state index contributed by atoms with van der Waals surface area (Å²) in [4.78, 5) is 12.8. The minimum atomic E-state index is -0.872. The van der Waals surface area contributed by atoms with Gasteiger partial charge in [0.05, 0.1) is 11.2 Å². The summed E-state index contributed by atoms with van der Waals surface area (Å²) in [5, 5.41) is 50.7. The molecule has 170 valence electrons. The van der Waals surface area contributed by atoms with Gasteiger partial charge < -0.3 is 29.9 Å². The molecule has 0 saturated carbocycles. The first-order valence-electron chi connectivity index (χ1n) is 10.3. The second-order valence-corrected chi connectivity index (χ2v) is 8.87. The van der Waals surface area contributed by atoms with Crippen molar-refractivity contribution >= 4 is 11.0 Å². The molecular formula is C25H28O7. The van der Waals surface area contributed by atoms with E-state index < -0.39 is 16.8 Å². The van der Waals surface area contributed by atoms with Crippen LogP contribution in [0, 0.1) is 5.92 Å². The zero-order chi connectivity index (χ0) is 23.8. The molecule has 5 N–H and O–H groups in total. The van der Waals surface area contributed by atoms with Crippen molar-refractivity contribution in [3.63, 3.8) is 0 Å². The van der Waals surface area contributed by atoms with Crippen LogP contribution in [0.1, 0.15) is 39.2 Å². The molecule has 0 aliphatic carbocycles. The standard InChI is InChI=1S/C25H28O7/c1-13(2)14(7-8-25(3,4)31)9-17-19(28)11-20(29)23-21(30)12-22(32-24(17)23)16-6-5-15(26)10-18(16)27/h5-6,10-12,14,26-29,31H,1,7-9H2,2-4H3/t14-/m1/s1. The lowest BCUT2D eigenvalue weighted by Crippen LogP contribution is -2.21. The number of benzene rings is 2. The number of fused-ring (bicyclic) bond motifs is 1. The van der Waals surface area contributed by atoms with Gasteiger partial charge in [-0.2, -0.15) is 0 Å². The van der Waals surface area contributed by atoms with Gasteiger partial charge in [-0.05, 0) is 58.1 Å². The monoisotopic (exact) mass is 440 g/mol. The molecule has 0 radical (unpaired) electrons. The molecule has 0 aliphatic rings. The highest BCUT2D eigenvalue weighted by molar-refractivity contribution is 5.89. The first-order chi connectivity index (χ1) is 14.9. The number of aliphatic hydroxyl groups is 1. The van der Waals surface area contributed by atoms with E-state index >= 15 is 0 Å². The van der Waals surface area contributed by atoms with Gasteiger partial charge in [-0.3, -0.25) is 4.79 Å². The van der Waals surface area contributed by atoms with Crippen LogP contribution in [-0.2, 0) is 6.42 Å². The second kappa shape index (κ2) is 8.59. The molecule has 0 fully saturated rings. The molecule has 0 unspecified atom stereocenters. The van der Waals surface area contributed by atoms with Crippen LogP contribution in [0.15, 0.2) is 51.7 Å². The third-order valence-corrected chi connectivity index (χ3v) is 5.56. The number of hydrogen-bond acceptors (Lipinski definition) is 7. The van der Waals surface area contributed by atoms with Gasteiger partial charge >= 0.3 is 0 Å². The molecule has 1 aromatic heterocycles. The van der Waals surface area contributed by atoms with Crippen molar-refractivity contribution in [3.8, 4) is 34.3 Å². The van der Waals surface area contributed by atoms with E-state index in [2.05, 4.69) is 6.58 Å². The predicted octanol–water partition coefficient (Wildman–Crippen LogP) is 4.57. The minimum Gasteiger partial charge on any atom is -0.508 e. The van der Waals surface area contributed by atoms with Crippen LogP contribution in [0.25, 0.3) is 22.3 Å². The van der Waals surface area contributed by atoms with Crippen molar-refractivity contribution in [2.75, 3.05) is 0 Å². The number of aromatic hydroxyl groups is 4. The first kappa shape index (κ1) is 23.2. The Balaban J connectivity index is 2.18. The molecule has 1 heterocycles. The van der Waals surface area contributed by atoms with Crippen LogP contribution in [0.4, 0.5) is 0 Å². The lowest BCUT2D eigenvalue weighted by molar-refractivity contribution is 0.0651. The Hall–Kier alpha value is -3.45. The molecular weight excluding hydrogens is 412 g/mol. The predicted molar refractivity (Wildman–Crippen MR) is 122 cm³/mol. The molecule has 1 atom stereocenters. The average Bonchev–Trinajstić information content (AvgIpc) is 2.65. The molecule has 2 aromatic carbocycles. The summed E-state index contributed by atoms with van der Waals surface area (Å²) >= 11 is 0. The fourth-order valence-electron chi connectivity index (χ4n) is 3.71. The zero-order valence-corrected chi connectivity index (χ0v) is 18.3. The summed E-state index contributed by atoms with van der Waals surface area (Å²) in [5.74, 6) is -1.20. The number of hydrogen-bond donors (Lipinski definition) is 5. The van der Waals surface area contributed by atoms with E-state index in [0.29, 0.717) is 18.4 Å². The normalized spacial score (nSPS) is 12.8. The maximum Gasteiger partial charge on any atom is 0.197 e. The number of rotatable bonds is 7. The number of allylic oxidation sites excluding steroid dienone is 1. The van der Waals surface area contributed by atoms with Gasteiger partial charge in [0.15, 0.2) is 5.43 Å². The minimum absolute atomic E-state index is 0.00647. The summed E-state index contributed by atoms with van der Waals surface area (Å²) in [6.45, 7) is 9.30. The van der Waals surface area contributed by atoms with Crippen LogP contribution in [0.2, 0.25) is 0 Å². The van der Waals surface area contributed by atoms with E-state index in [4.69, 9.17) is 4.42 Å². The van der Waals surface area contributed by atoms with Crippen molar-refractivity contribution in [2.45, 2.75) is 45.6 Å². The Kier molecular flexibility index (Phi) is 6.23. The SMILES string of the molecule is C=C(C)[C@H](CCC(C)(C)O)Cc1c(O)cc(O)c2c(=O)cc(-c3ccc(O)cc3O)oc12. The van der Waals surface area contributed by atoms with E-state index in [1.54, 1.807) is 13.8 Å². The van der Waals surface area contributed by atoms with Crippen LogP contribution in [-0.4, -0.2) is 31.1 Å². The maximum absolute atomic E-state index is 12.8. The molecule has 0 amide bonds. The van der Waals surface area contributed by atoms with E-state index in [1.807, 2.05) is 6.92 Å². The van der Waals surface area contributed by atoms with E-state index in [9.17, 15) is 30.3 Å². The summed E-state index contributed by atoms with van der Waals surface area (Å²) in [6.07, 6.45) is 1.35. The molecule has 0 spiro atoms. The Bertz CT molecular complexity index is 1230. The molecule has 0 aliphatic heterocycles. The highest BCUT2D eigenvalue weighted by atomic mass is 16.3. The smallest absolute Gasteiger partial charge is 0.197 e. The van der Waals surface area contributed by atoms with Gasteiger partial charge in [0.2, 0.25) is 0 Å². The van der Waals surface area contributed by atoms with E-state index in [0.717, 1.165) is 23.8 Å². The van der Waals surface area contributed by atoms with Crippen LogP contribution >= 0.6 is 0 Å². The fraction of sp³-hybridized carbons (Fsp3) is 0.320. The average molecular weight is 440 g/mol. The largest absolute Gasteiger partial charge is 0.508 e. The number of phenols is 4. The van der Waals surface area contributed by atoms with E-state index in [1.165, 1.54) is 12.1 Å². The lowest BCUT2D eigenvalue weighted by atomic mass is 9.85. The van der Waals surface area contributed by atoms with Gasteiger partial charge in [0.1, 0.15) is 39.7 Å². The Morgan fingerprint density at radius 3 is 2.34 bits per heavy atom. The molecule has 0 bridgehead atoms. The van der Waals surface area contributed by atoms with Crippen molar-refractivity contribution in [1.29, 1.82) is 0 Å². The molecule has 7 nitrogen and oxygen atoms in total. The van der Waals surface area contributed by atoms with Crippen molar-refractivity contribution < 1.29 is 29.9 Å². The van der Waals surface area contributed by atoms with Gasteiger partial charge in [0.25, 0.3) is 0 Å². The Labute approximate surface area is 185 Å². The van der Waals surface area contributed by atoms with Gasteiger partial charge in [-0.25, -0.2) is 0 Å². The molecule has 3 aromatic rings. The van der Waals surface area contributed by atoms with Gasteiger partial charge in [-0.1, -0.05) is 12.2 Å². The summed E-state index contributed by atoms with van der Waals surface area (Å²) < 4.78 is 5.93. The van der Waals surface area contributed by atoms with Crippen molar-refractivity contribution in [2.24, 2.45) is 5.92 Å². The van der Waals surface area contributed by atoms with Crippen LogP contribution in [0.5, 0.6) is 23.0 Å². The van der Waals surface area contributed by atoms with Gasteiger partial charge in [-0.15, -0.1) is 0 Å². The summed E-state index contributed by atoms with van der Waals surface area (Å²) in [7, 11) is 0. The topological polar surface area (TPSA) is 131 Å². The third-order valence-electron chi connectivity index (χ3n) is 5.56. The summed E-state index contributed by atoms with van der Waals surface area (Å²) in [5.41, 5.74) is -0.0803. The molecule has 32 heavy (non-hydrogen) atoms. The van der Waals surface area contributed by atoms with E-state index in [-0.39, 0.29) is 51.9 Å². The Morgan fingerprint density at radius 2 is 1.75 bits per heavy atom. The highest BCUT2D eigenvalue weighted by Gasteiger charge is 2.24. The lowest BCUT2D eigenvalue weighted by Gasteiger charge is -2.23. The molecule has 0 saturated heterocycles. The maximum atomic E-state index is 12.8. The van der Waals surface area contributed by atoms with Gasteiger partial charge in [0, 0.05) is 23.8 Å². The van der Waals surface area contributed by atoms with Crippen molar-refractivity contribution in [1.82, 2.24) is 0 Å². The number of phenolic OH excluding ortho intramolecular Hbond substituents is 4. The van der Waals surface area contributed by atoms with Crippen molar-refractivity contribution in [3.05, 3.63) is 58.3 Å². The molecule has 3 rings (SSSR count). The third kappa shape index (κ3) is 4.89. The summed E-state index contributed by atoms with van der Waals surface area (Å²) in [6, 6.07) is 6.11. The van der Waals surface area contributed by atoms with Crippen LogP contribution in [0.3, 0.4) is 0 Å². The quantitative estimate of drug-likeness (QED) is 0.340. The highest BCUT2D eigenvalue weighted by Crippen LogP contribution is 2.39.